The summed E-state index contributed by atoms with van der Waals surface area (Å²) in [7, 11) is 5.90. The van der Waals surface area contributed by atoms with Crippen molar-refractivity contribution in [3.63, 3.8) is 0 Å². The zero-order valence-corrected chi connectivity index (χ0v) is 11.7. The highest BCUT2D eigenvalue weighted by Gasteiger charge is 2.37. The molecule has 0 unspecified atom stereocenters. The van der Waals surface area contributed by atoms with Crippen LogP contribution in [0.15, 0.2) is 18.2 Å². The molecule has 0 amide bonds. The van der Waals surface area contributed by atoms with Crippen LogP contribution in [-0.4, -0.2) is 32.6 Å². The van der Waals surface area contributed by atoms with E-state index in [1.165, 1.54) is 30.4 Å². The van der Waals surface area contributed by atoms with E-state index in [1.807, 2.05) is 0 Å². The Morgan fingerprint density at radius 1 is 1.28 bits per heavy atom. The summed E-state index contributed by atoms with van der Waals surface area (Å²) in [6.07, 6.45) is 3.70. The van der Waals surface area contributed by atoms with Gasteiger partial charge in [-0.15, -0.1) is 0 Å². The van der Waals surface area contributed by atoms with Crippen molar-refractivity contribution in [1.82, 2.24) is 4.90 Å². The average Bonchev–Trinajstić information content (AvgIpc) is 2.27. The summed E-state index contributed by atoms with van der Waals surface area (Å²) in [5, 5.41) is 0. The fraction of sp³-hybridized carbons (Fsp3) is 0.600. The summed E-state index contributed by atoms with van der Waals surface area (Å²) < 4.78 is 5.43. The first-order valence-corrected chi connectivity index (χ1v) is 6.63. The monoisotopic (exact) mass is 248 g/mol. The van der Waals surface area contributed by atoms with Crippen LogP contribution in [0, 0.1) is 0 Å². The summed E-state index contributed by atoms with van der Waals surface area (Å²) in [5.41, 5.74) is 8.85. The number of rotatable bonds is 5. The Bertz CT molecular complexity index is 405. The molecule has 0 radical (unpaired) electrons. The number of ether oxygens (including phenoxy) is 1. The minimum absolute atomic E-state index is 0.204. The zero-order valence-electron chi connectivity index (χ0n) is 11.7. The standard InChI is InChI=1S/C15H24N2O/c1-17(2)10-12-7-13(9-14(8-12)18-3)15(11-16)5-4-6-15/h7-9H,4-6,10-11,16H2,1-3H3. The normalized spacial score (nSPS) is 17.6. The fourth-order valence-electron chi connectivity index (χ4n) is 2.76. The summed E-state index contributed by atoms with van der Waals surface area (Å²) >= 11 is 0. The van der Waals surface area contributed by atoms with E-state index in [0.717, 1.165) is 18.8 Å². The second-order valence-corrected chi connectivity index (χ2v) is 5.65. The Hall–Kier alpha value is -1.06. The molecule has 0 saturated heterocycles. The predicted octanol–water partition coefficient (Wildman–Crippen LogP) is 2.14. The van der Waals surface area contributed by atoms with Gasteiger partial charge >= 0.3 is 0 Å². The molecule has 1 aromatic carbocycles. The van der Waals surface area contributed by atoms with Gasteiger partial charge in [-0.05, 0) is 50.2 Å². The minimum Gasteiger partial charge on any atom is -0.497 e. The molecule has 1 aromatic rings. The molecule has 100 valence electrons. The van der Waals surface area contributed by atoms with Crippen LogP contribution in [0.25, 0.3) is 0 Å². The van der Waals surface area contributed by atoms with Crippen molar-refractivity contribution in [3.05, 3.63) is 29.3 Å². The Labute approximate surface area is 110 Å². The zero-order chi connectivity index (χ0) is 13.2. The second kappa shape index (κ2) is 5.29. The van der Waals surface area contributed by atoms with Crippen LogP contribution in [0.3, 0.4) is 0 Å². The van der Waals surface area contributed by atoms with Crippen LogP contribution in [-0.2, 0) is 12.0 Å². The molecular formula is C15H24N2O. The van der Waals surface area contributed by atoms with E-state index in [2.05, 4.69) is 37.2 Å². The molecule has 0 bridgehead atoms. The van der Waals surface area contributed by atoms with E-state index < -0.39 is 0 Å². The number of nitrogens with two attached hydrogens (primary N) is 1. The highest BCUT2D eigenvalue weighted by molar-refractivity contribution is 5.40. The van der Waals surface area contributed by atoms with Gasteiger partial charge in [0.2, 0.25) is 0 Å². The van der Waals surface area contributed by atoms with Crippen LogP contribution in [0.1, 0.15) is 30.4 Å². The fourth-order valence-corrected chi connectivity index (χ4v) is 2.76. The summed E-state index contributed by atoms with van der Waals surface area (Å²) in [4.78, 5) is 2.18. The number of nitrogens with zero attached hydrogens (tertiary/aromatic N) is 1. The lowest BCUT2D eigenvalue weighted by molar-refractivity contribution is 0.251. The Kier molecular flexibility index (Phi) is 3.93. The Balaban J connectivity index is 2.34. The van der Waals surface area contributed by atoms with Crippen molar-refractivity contribution in [1.29, 1.82) is 0 Å². The molecule has 0 aromatic heterocycles. The van der Waals surface area contributed by atoms with Crippen LogP contribution >= 0.6 is 0 Å². The largest absolute Gasteiger partial charge is 0.497 e. The van der Waals surface area contributed by atoms with Crippen molar-refractivity contribution in [3.8, 4) is 5.75 Å². The molecule has 1 aliphatic rings. The van der Waals surface area contributed by atoms with Gasteiger partial charge in [0.15, 0.2) is 0 Å². The summed E-state index contributed by atoms with van der Waals surface area (Å²) in [6, 6.07) is 6.58. The van der Waals surface area contributed by atoms with Gasteiger partial charge in [0.1, 0.15) is 5.75 Å². The predicted molar refractivity (Wildman–Crippen MR) is 75.0 cm³/mol. The number of hydrogen-bond donors (Lipinski definition) is 1. The molecule has 0 atom stereocenters. The maximum atomic E-state index is 5.99. The van der Waals surface area contributed by atoms with Crippen LogP contribution < -0.4 is 10.5 Å². The first-order valence-electron chi connectivity index (χ1n) is 6.63. The molecule has 3 nitrogen and oxygen atoms in total. The van der Waals surface area contributed by atoms with Crippen molar-refractivity contribution in [2.75, 3.05) is 27.7 Å². The SMILES string of the molecule is COc1cc(CN(C)C)cc(C2(CN)CCC2)c1. The van der Waals surface area contributed by atoms with Crippen LogP contribution in [0.4, 0.5) is 0 Å². The first-order chi connectivity index (χ1) is 8.59. The quantitative estimate of drug-likeness (QED) is 0.867. The molecule has 1 aliphatic carbocycles. The maximum Gasteiger partial charge on any atom is 0.119 e. The number of hydrogen-bond acceptors (Lipinski definition) is 3. The van der Waals surface area contributed by atoms with E-state index >= 15 is 0 Å². The molecule has 1 saturated carbocycles. The van der Waals surface area contributed by atoms with E-state index in [9.17, 15) is 0 Å². The maximum absolute atomic E-state index is 5.99. The van der Waals surface area contributed by atoms with Gasteiger partial charge in [0, 0.05) is 18.5 Å². The van der Waals surface area contributed by atoms with Crippen molar-refractivity contribution in [2.45, 2.75) is 31.2 Å². The summed E-state index contributed by atoms with van der Waals surface area (Å²) in [6.45, 7) is 1.67. The van der Waals surface area contributed by atoms with Gasteiger partial charge in [0.25, 0.3) is 0 Å². The third kappa shape index (κ3) is 2.52. The van der Waals surface area contributed by atoms with Gasteiger partial charge in [-0.3, -0.25) is 0 Å². The van der Waals surface area contributed by atoms with Gasteiger partial charge in [-0.2, -0.15) is 0 Å². The third-order valence-electron chi connectivity index (χ3n) is 4.01. The molecule has 1 fully saturated rings. The topological polar surface area (TPSA) is 38.5 Å². The number of methoxy groups -OCH3 is 1. The van der Waals surface area contributed by atoms with Gasteiger partial charge in [-0.1, -0.05) is 12.5 Å². The van der Waals surface area contributed by atoms with Gasteiger partial charge in [-0.25, -0.2) is 0 Å². The Morgan fingerprint density at radius 2 is 2.00 bits per heavy atom. The van der Waals surface area contributed by atoms with E-state index in [-0.39, 0.29) is 5.41 Å². The van der Waals surface area contributed by atoms with E-state index in [4.69, 9.17) is 10.5 Å². The van der Waals surface area contributed by atoms with Crippen LogP contribution in [0.5, 0.6) is 5.75 Å². The number of benzene rings is 1. The lowest BCUT2D eigenvalue weighted by atomic mass is 9.64. The first kappa shape index (κ1) is 13.4. The molecule has 2 N–H and O–H groups in total. The molecular weight excluding hydrogens is 224 g/mol. The molecule has 0 aliphatic heterocycles. The highest BCUT2D eigenvalue weighted by Crippen LogP contribution is 2.44. The highest BCUT2D eigenvalue weighted by atomic mass is 16.5. The molecule has 0 heterocycles. The minimum atomic E-state index is 0.204. The lowest BCUT2D eigenvalue weighted by Gasteiger charge is -2.42. The second-order valence-electron chi connectivity index (χ2n) is 5.65. The molecule has 18 heavy (non-hydrogen) atoms. The third-order valence-corrected chi connectivity index (χ3v) is 4.01. The molecule has 2 rings (SSSR count). The van der Waals surface area contributed by atoms with Crippen molar-refractivity contribution < 1.29 is 4.74 Å². The smallest absolute Gasteiger partial charge is 0.119 e. The molecule has 0 spiro atoms. The molecule has 3 heteroatoms. The van der Waals surface area contributed by atoms with Crippen molar-refractivity contribution in [2.24, 2.45) is 5.73 Å². The Morgan fingerprint density at radius 3 is 2.44 bits per heavy atom. The van der Waals surface area contributed by atoms with E-state index in [1.54, 1.807) is 7.11 Å². The van der Waals surface area contributed by atoms with Crippen LogP contribution in [0.2, 0.25) is 0 Å². The van der Waals surface area contributed by atoms with Gasteiger partial charge < -0.3 is 15.4 Å². The van der Waals surface area contributed by atoms with E-state index in [0.29, 0.717) is 0 Å². The lowest BCUT2D eigenvalue weighted by Crippen LogP contribution is -2.41. The summed E-state index contributed by atoms with van der Waals surface area (Å²) in [5.74, 6) is 0.948. The average molecular weight is 248 g/mol. The van der Waals surface area contributed by atoms with Gasteiger partial charge in [0.05, 0.1) is 7.11 Å². The van der Waals surface area contributed by atoms with Crippen molar-refractivity contribution >= 4 is 0 Å².